The number of nitrogens with zero attached hydrogens (tertiary/aromatic N) is 1. The van der Waals surface area contributed by atoms with Crippen LogP contribution in [0.1, 0.15) is 62.4 Å². The number of ether oxygens (including phenoxy) is 1. The van der Waals surface area contributed by atoms with E-state index in [9.17, 15) is 14.3 Å². The Morgan fingerprint density at radius 1 is 0.820 bits per heavy atom. The minimum absolute atomic E-state index is 0.0194. The number of benzene rings is 5. The monoisotopic (exact) mass is 687 g/mol. The Balaban J connectivity index is 1.37. The van der Waals surface area contributed by atoms with Gasteiger partial charge in [-0.3, -0.25) is 4.79 Å². The number of β-lactam (4-membered cyclic amide) rings is 1. The Bertz CT molecular complexity index is 1890. The summed E-state index contributed by atoms with van der Waals surface area (Å²) in [5, 5.41) is 9.89. The van der Waals surface area contributed by atoms with Gasteiger partial charge in [0.05, 0.1) is 18.1 Å². The highest BCUT2D eigenvalue weighted by molar-refractivity contribution is 6.74. The Kier molecular flexibility index (Phi) is 10.3. The summed E-state index contributed by atoms with van der Waals surface area (Å²) in [5.74, 6) is 0.362. The number of phenols is 1. The minimum atomic E-state index is -2.21. The van der Waals surface area contributed by atoms with Crippen molar-refractivity contribution < 1.29 is 23.5 Å². The van der Waals surface area contributed by atoms with Crippen LogP contribution in [0.15, 0.2) is 127 Å². The van der Waals surface area contributed by atoms with Crippen LogP contribution < -0.4 is 9.64 Å². The fourth-order valence-corrected chi connectivity index (χ4v) is 7.69. The lowest BCUT2D eigenvalue weighted by molar-refractivity contribution is -0.131. The van der Waals surface area contributed by atoms with Crippen LogP contribution in [-0.2, 0) is 15.8 Å². The van der Waals surface area contributed by atoms with Gasteiger partial charge in [-0.05, 0) is 95.7 Å². The Morgan fingerprint density at radius 3 is 2.08 bits per heavy atom. The van der Waals surface area contributed by atoms with Crippen LogP contribution in [0.4, 0.5) is 10.1 Å². The van der Waals surface area contributed by atoms with E-state index in [0.717, 1.165) is 33.5 Å². The van der Waals surface area contributed by atoms with Gasteiger partial charge >= 0.3 is 0 Å². The second kappa shape index (κ2) is 14.6. The van der Waals surface area contributed by atoms with Gasteiger partial charge in [-0.15, -0.1) is 0 Å². The van der Waals surface area contributed by atoms with E-state index in [1.807, 2.05) is 83.8 Å². The first-order valence-corrected chi connectivity index (χ1v) is 20.2. The highest BCUT2D eigenvalue weighted by atomic mass is 28.4. The molecule has 5 aromatic rings. The molecule has 5 nitrogen and oxygen atoms in total. The molecule has 1 heterocycles. The van der Waals surface area contributed by atoms with E-state index in [1.165, 1.54) is 12.1 Å². The van der Waals surface area contributed by atoms with Crippen molar-refractivity contribution in [2.45, 2.75) is 70.5 Å². The summed E-state index contributed by atoms with van der Waals surface area (Å²) in [6, 6.07) is 39.4. The molecule has 1 aliphatic heterocycles. The van der Waals surface area contributed by atoms with E-state index in [0.29, 0.717) is 25.2 Å². The molecule has 50 heavy (non-hydrogen) atoms. The average molecular weight is 688 g/mol. The van der Waals surface area contributed by atoms with Crippen molar-refractivity contribution in [3.63, 3.8) is 0 Å². The zero-order valence-electron chi connectivity index (χ0n) is 29.5. The summed E-state index contributed by atoms with van der Waals surface area (Å²) < 4.78 is 27.6. The first-order chi connectivity index (χ1) is 23.9. The smallest absolute Gasteiger partial charge is 0.233 e. The second-order valence-corrected chi connectivity index (χ2v) is 19.4. The molecule has 1 N–H and O–H groups in total. The van der Waals surface area contributed by atoms with Crippen LogP contribution >= 0.6 is 0 Å². The topological polar surface area (TPSA) is 59.0 Å². The van der Waals surface area contributed by atoms with E-state index in [1.54, 1.807) is 24.3 Å². The molecule has 0 radical (unpaired) electrons. The number of carbonyl (C=O) groups excluding carboxylic acids is 1. The number of halogens is 1. The van der Waals surface area contributed by atoms with Gasteiger partial charge < -0.3 is 19.2 Å². The van der Waals surface area contributed by atoms with E-state index in [2.05, 4.69) is 46.0 Å². The average Bonchev–Trinajstić information content (AvgIpc) is 3.10. The SMILES string of the molecule is CC(C)(C)[Si](C)(C)O[C@@H](CC[C@H]1C(=O)N(c2ccccc2)[C@@H]1c1ccc(-c2ccc(O)cc2)cc1OCc1ccccc1)c1ccc(F)cc1. The van der Waals surface area contributed by atoms with Crippen LogP contribution in [0.5, 0.6) is 11.5 Å². The van der Waals surface area contributed by atoms with Gasteiger partial charge in [0.15, 0.2) is 8.32 Å². The quantitative estimate of drug-likeness (QED) is 0.105. The third kappa shape index (κ3) is 7.69. The molecule has 0 saturated carbocycles. The van der Waals surface area contributed by atoms with Crippen LogP contribution in [0, 0.1) is 11.7 Å². The van der Waals surface area contributed by atoms with E-state index >= 15 is 0 Å². The first-order valence-electron chi connectivity index (χ1n) is 17.3. The maximum absolute atomic E-state index is 14.2. The first kappa shape index (κ1) is 35.1. The lowest BCUT2D eigenvalue weighted by atomic mass is 9.77. The van der Waals surface area contributed by atoms with Crippen LogP contribution in [-0.4, -0.2) is 19.3 Å². The van der Waals surface area contributed by atoms with Gasteiger partial charge in [-0.2, -0.15) is 0 Å². The van der Waals surface area contributed by atoms with Gasteiger partial charge in [-0.1, -0.05) is 106 Å². The molecule has 7 heteroatoms. The Morgan fingerprint density at radius 2 is 1.44 bits per heavy atom. The van der Waals surface area contributed by atoms with E-state index < -0.39 is 8.32 Å². The molecule has 6 rings (SSSR count). The second-order valence-electron chi connectivity index (χ2n) is 14.7. The molecule has 0 spiro atoms. The van der Waals surface area contributed by atoms with Crippen molar-refractivity contribution in [1.29, 1.82) is 0 Å². The van der Waals surface area contributed by atoms with Crippen molar-refractivity contribution in [1.82, 2.24) is 0 Å². The molecule has 258 valence electrons. The maximum atomic E-state index is 14.2. The van der Waals surface area contributed by atoms with Gasteiger partial charge in [0.2, 0.25) is 5.91 Å². The lowest BCUT2D eigenvalue weighted by Crippen LogP contribution is -2.55. The summed E-state index contributed by atoms with van der Waals surface area (Å²) in [6.45, 7) is 11.5. The maximum Gasteiger partial charge on any atom is 0.233 e. The summed E-state index contributed by atoms with van der Waals surface area (Å²) in [5.41, 5.74) is 5.63. The summed E-state index contributed by atoms with van der Waals surface area (Å²) >= 11 is 0. The molecule has 1 fully saturated rings. The molecule has 0 aliphatic carbocycles. The zero-order valence-corrected chi connectivity index (χ0v) is 30.5. The molecule has 0 bridgehead atoms. The third-order valence-electron chi connectivity index (χ3n) is 10.2. The summed E-state index contributed by atoms with van der Waals surface area (Å²) in [6.07, 6.45) is 0.919. The molecule has 0 aromatic heterocycles. The fourth-order valence-electron chi connectivity index (χ4n) is 6.37. The molecule has 1 saturated heterocycles. The highest BCUT2D eigenvalue weighted by Crippen LogP contribution is 2.50. The fraction of sp³-hybridized carbons (Fsp3) is 0.279. The number of aromatic hydroxyl groups is 1. The minimum Gasteiger partial charge on any atom is -0.508 e. The standard InChI is InChI=1S/C43H46FNO4Si/c1-43(2,3)50(4,5)49-39(32-16-21-34(44)22-17-32)27-26-38-41(45(42(38)47)35-14-10-7-11-15-35)37-25-20-33(31-18-23-36(46)24-19-31)28-40(37)48-29-30-12-8-6-9-13-30/h6-25,28,38-39,41,46H,26-27,29H2,1-5H3/t38-,39+,41-/m1/s1. The van der Waals surface area contributed by atoms with Crippen molar-refractivity contribution in [2.24, 2.45) is 5.92 Å². The predicted octanol–water partition coefficient (Wildman–Crippen LogP) is 11.0. The largest absolute Gasteiger partial charge is 0.508 e. The molecular weight excluding hydrogens is 642 g/mol. The Labute approximate surface area is 296 Å². The summed E-state index contributed by atoms with van der Waals surface area (Å²) in [4.78, 5) is 16.1. The lowest BCUT2D eigenvalue weighted by Gasteiger charge is -2.48. The van der Waals surface area contributed by atoms with Crippen LogP contribution in [0.2, 0.25) is 18.1 Å². The van der Waals surface area contributed by atoms with Crippen LogP contribution in [0.25, 0.3) is 11.1 Å². The zero-order chi connectivity index (χ0) is 35.5. The van der Waals surface area contributed by atoms with E-state index in [4.69, 9.17) is 9.16 Å². The Hall–Kier alpha value is -4.72. The molecule has 1 amide bonds. The number of anilines is 1. The predicted molar refractivity (Wildman–Crippen MR) is 201 cm³/mol. The molecule has 0 unspecified atom stereocenters. The van der Waals surface area contributed by atoms with E-state index in [-0.39, 0.29) is 40.6 Å². The molecule has 1 aliphatic rings. The summed E-state index contributed by atoms with van der Waals surface area (Å²) in [7, 11) is -2.21. The number of rotatable bonds is 12. The number of amides is 1. The van der Waals surface area contributed by atoms with Crippen molar-refractivity contribution >= 4 is 19.9 Å². The van der Waals surface area contributed by atoms with Crippen LogP contribution in [0.3, 0.4) is 0 Å². The van der Waals surface area contributed by atoms with Crippen molar-refractivity contribution in [2.75, 3.05) is 4.90 Å². The van der Waals surface area contributed by atoms with Gasteiger partial charge in [-0.25, -0.2) is 4.39 Å². The number of carbonyl (C=O) groups is 1. The molecule has 5 aromatic carbocycles. The number of hydrogen-bond acceptors (Lipinski definition) is 4. The highest BCUT2D eigenvalue weighted by Gasteiger charge is 2.50. The number of hydrogen-bond donors (Lipinski definition) is 1. The van der Waals surface area contributed by atoms with Crippen molar-refractivity contribution in [3.05, 3.63) is 150 Å². The molecule has 3 atom stereocenters. The van der Waals surface area contributed by atoms with Gasteiger partial charge in [0, 0.05) is 11.3 Å². The van der Waals surface area contributed by atoms with Gasteiger partial charge in [0.25, 0.3) is 0 Å². The number of phenolic OH excluding ortho intramolecular Hbond substituents is 1. The molecular formula is C43H46FNO4Si. The van der Waals surface area contributed by atoms with Gasteiger partial charge in [0.1, 0.15) is 23.9 Å². The number of para-hydroxylation sites is 1. The third-order valence-corrected chi connectivity index (χ3v) is 14.7. The normalized spacial score (nSPS) is 16.9. The van der Waals surface area contributed by atoms with Crippen molar-refractivity contribution in [3.8, 4) is 22.6 Å².